The molecule has 0 aromatic carbocycles. The summed E-state index contributed by atoms with van der Waals surface area (Å²) in [5.41, 5.74) is 1.14. The minimum atomic E-state index is -0.209. The summed E-state index contributed by atoms with van der Waals surface area (Å²) >= 11 is 0. The van der Waals surface area contributed by atoms with Crippen molar-refractivity contribution in [3.63, 3.8) is 0 Å². The van der Waals surface area contributed by atoms with Crippen LogP contribution >= 0.6 is 0 Å². The van der Waals surface area contributed by atoms with E-state index in [1.165, 1.54) is 0 Å². The molecular weight excluding hydrogens is 288 g/mol. The lowest BCUT2D eigenvalue weighted by atomic mass is 9.58. The van der Waals surface area contributed by atoms with E-state index >= 15 is 0 Å². The molecule has 0 aromatic heterocycles. The van der Waals surface area contributed by atoms with Gasteiger partial charge in [-0.15, -0.1) is 0 Å². The van der Waals surface area contributed by atoms with Crippen LogP contribution < -0.4 is 0 Å². The van der Waals surface area contributed by atoms with Gasteiger partial charge in [0.05, 0.1) is 5.92 Å². The highest BCUT2D eigenvalue weighted by Crippen LogP contribution is 2.73. The molecule has 3 nitrogen and oxygen atoms in total. The summed E-state index contributed by atoms with van der Waals surface area (Å²) in [7, 11) is 0. The van der Waals surface area contributed by atoms with E-state index in [1.54, 1.807) is 0 Å². The minimum Gasteiger partial charge on any atom is -0.458 e. The monoisotopic (exact) mass is 318 g/mol. The van der Waals surface area contributed by atoms with Gasteiger partial charge in [-0.3, -0.25) is 9.59 Å². The number of ketones is 1. The van der Waals surface area contributed by atoms with Gasteiger partial charge in [0.15, 0.2) is 5.78 Å². The smallest absolute Gasteiger partial charge is 0.309 e. The first-order valence-corrected chi connectivity index (χ1v) is 9.12. The van der Waals surface area contributed by atoms with Gasteiger partial charge in [-0.2, -0.15) is 0 Å². The molecule has 2 fully saturated rings. The zero-order valence-electron chi connectivity index (χ0n) is 15.3. The molecule has 23 heavy (non-hydrogen) atoms. The van der Waals surface area contributed by atoms with E-state index in [1.807, 2.05) is 19.9 Å². The molecule has 6 atom stereocenters. The lowest BCUT2D eigenvalue weighted by Gasteiger charge is -2.48. The normalized spacial score (nSPS) is 42.2. The second-order valence-corrected chi connectivity index (χ2v) is 8.77. The van der Waals surface area contributed by atoms with E-state index in [4.69, 9.17) is 4.74 Å². The van der Waals surface area contributed by atoms with Crippen molar-refractivity contribution in [3.8, 4) is 0 Å². The number of rotatable bonds is 3. The first-order valence-electron chi connectivity index (χ1n) is 9.12. The van der Waals surface area contributed by atoms with Crippen LogP contribution in [-0.4, -0.2) is 17.9 Å². The Hall–Kier alpha value is -1.12. The zero-order valence-corrected chi connectivity index (χ0v) is 15.3. The van der Waals surface area contributed by atoms with Crippen LogP contribution in [0.5, 0.6) is 0 Å². The summed E-state index contributed by atoms with van der Waals surface area (Å²) in [6.45, 7) is 12.9. The molecule has 3 aliphatic rings. The van der Waals surface area contributed by atoms with Crippen molar-refractivity contribution in [2.75, 3.05) is 0 Å². The fourth-order valence-corrected chi connectivity index (χ4v) is 5.30. The summed E-state index contributed by atoms with van der Waals surface area (Å²) in [4.78, 5) is 24.8. The van der Waals surface area contributed by atoms with Crippen LogP contribution in [0.15, 0.2) is 11.6 Å². The van der Waals surface area contributed by atoms with Crippen LogP contribution in [0.25, 0.3) is 0 Å². The molecule has 0 bridgehead atoms. The van der Waals surface area contributed by atoms with Crippen LogP contribution in [0.1, 0.15) is 60.8 Å². The lowest BCUT2D eigenvalue weighted by Crippen LogP contribution is -2.45. The lowest BCUT2D eigenvalue weighted by molar-refractivity contribution is -0.154. The Bertz CT molecular complexity index is 573. The molecular formula is C20H30O3. The van der Waals surface area contributed by atoms with Crippen LogP contribution in [0.4, 0.5) is 0 Å². The Morgan fingerprint density at radius 3 is 2.61 bits per heavy atom. The predicted molar refractivity (Wildman–Crippen MR) is 89.7 cm³/mol. The number of esters is 1. The fraction of sp³-hybridized carbons (Fsp3) is 0.800. The molecule has 2 saturated carbocycles. The van der Waals surface area contributed by atoms with E-state index in [0.717, 1.165) is 24.8 Å². The Morgan fingerprint density at radius 2 is 2.00 bits per heavy atom. The molecule has 0 radical (unpaired) electrons. The van der Waals surface area contributed by atoms with Gasteiger partial charge in [0.2, 0.25) is 0 Å². The number of carbonyl (C=O) groups excluding carboxylic acids is 2. The van der Waals surface area contributed by atoms with E-state index in [0.29, 0.717) is 11.8 Å². The number of ether oxygens (including phenoxy) is 1. The van der Waals surface area contributed by atoms with E-state index in [-0.39, 0.29) is 40.5 Å². The summed E-state index contributed by atoms with van der Waals surface area (Å²) in [6, 6.07) is 0. The topological polar surface area (TPSA) is 43.4 Å². The maximum Gasteiger partial charge on any atom is 0.309 e. The second kappa shape index (κ2) is 5.19. The third-order valence-corrected chi connectivity index (χ3v) is 7.21. The van der Waals surface area contributed by atoms with Crippen molar-refractivity contribution in [1.82, 2.24) is 0 Å². The Labute approximate surface area is 139 Å². The van der Waals surface area contributed by atoms with Crippen molar-refractivity contribution < 1.29 is 14.3 Å². The number of hydrogen-bond donors (Lipinski definition) is 0. The first-order chi connectivity index (χ1) is 10.7. The molecule has 0 aromatic rings. The van der Waals surface area contributed by atoms with Gasteiger partial charge < -0.3 is 4.74 Å². The average molecular weight is 318 g/mol. The molecule has 0 N–H and O–H groups in total. The maximum absolute atomic E-state index is 12.6. The molecule has 3 rings (SSSR count). The number of allylic oxidation sites excluding steroid dienone is 1. The largest absolute Gasteiger partial charge is 0.458 e. The van der Waals surface area contributed by atoms with Gasteiger partial charge in [0.25, 0.3) is 0 Å². The van der Waals surface area contributed by atoms with Gasteiger partial charge in [0.1, 0.15) is 6.10 Å². The summed E-state index contributed by atoms with van der Waals surface area (Å²) in [5.74, 6) is 1.11. The van der Waals surface area contributed by atoms with Gasteiger partial charge in [-0.1, -0.05) is 41.5 Å². The zero-order chi connectivity index (χ0) is 17.2. The molecule has 3 aliphatic carbocycles. The second-order valence-electron chi connectivity index (χ2n) is 8.77. The number of carbonyl (C=O) groups is 2. The van der Waals surface area contributed by atoms with Gasteiger partial charge >= 0.3 is 5.97 Å². The van der Waals surface area contributed by atoms with E-state index < -0.39 is 0 Å². The SMILES string of the molecule is CCC(C)C(=O)OC1CCC(C)C2(C)C1=CC(=O)C1C2C1(C)C. The summed E-state index contributed by atoms with van der Waals surface area (Å²) in [5, 5.41) is 0. The standard InChI is InChI=1S/C20H30O3/c1-7-11(2)18(22)23-15-9-8-12(3)20(6)13(15)10-14(21)16-17(20)19(16,4)5/h10-12,15-17H,7-9H2,1-6H3. The molecule has 128 valence electrons. The van der Waals surface area contributed by atoms with E-state index in [2.05, 4.69) is 27.7 Å². The van der Waals surface area contributed by atoms with Crippen LogP contribution in [0.2, 0.25) is 0 Å². The van der Waals surface area contributed by atoms with E-state index in [9.17, 15) is 9.59 Å². The number of hydrogen-bond acceptors (Lipinski definition) is 3. The third-order valence-electron chi connectivity index (χ3n) is 7.21. The van der Waals surface area contributed by atoms with Crippen molar-refractivity contribution in [2.24, 2.45) is 34.5 Å². The molecule has 0 amide bonds. The summed E-state index contributed by atoms with van der Waals surface area (Å²) < 4.78 is 5.85. The van der Waals surface area contributed by atoms with Crippen LogP contribution in [0, 0.1) is 34.5 Å². The van der Waals surface area contributed by atoms with Gasteiger partial charge in [-0.05, 0) is 53.6 Å². The molecule has 0 aliphatic heterocycles. The molecule has 0 heterocycles. The van der Waals surface area contributed by atoms with Crippen LogP contribution in [0.3, 0.4) is 0 Å². The average Bonchev–Trinajstić information content (AvgIpc) is 3.09. The minimum absolute atomic E-state index is 0.0132. The fourth-order valence-electron chi connectivity index (χ4n) is 5.30. The Morgan fingerprint density at radius 1 is 1.35 bits per heavy atom. The molecule has 3 heteroatoms. The number of fused-ring (bicyclic) bond motifs is 3. The Balaban J connectivity index is 1.92. The van der Waals surface area contributed by atoms with Crippen molar-refractivity contribution in [2.45, 2.75) is 66.9 Å². The third kappa shape index (κ3) is 2.22. The van der Waals surface area contributed by atoms with Crippen molar-refractivity contribution in [3.05, 3.63) is 11.6 Å². The highest BCUT2D eigenvalue weighted by atomic mass is 16.5. The molecule has 0 saturated heterocycles. The van der Waals surface area contributed by atoms with Crippen molar-refractivity contribution >= 4 is 11.8 Å². The maximum atomic E-state index is 12.6. The first kappa shape index (κ1) is 16.7. The van der Waals surface area contributed by atoms with Crippen LogP contribution in [-0.2, 0) is 14.3 Å². The van der Waals surface area contributed by atoms with Crippen molar-refractivity contribution in [1.29, 1.82) is 0 Å². The Kier molecular flexibility index (Phi) is 3.77. The van der Waals surface area contributed by atoms with Gasteiger partial charge in [0, 0.05) is 5.92 Å². The molecule has 6 unspecified atom stereocenters. The van der Waals surface area contributed by atoms with Gasteiger partial charge in [-0.25, -0.2) is 0 Å². The highest BCUT2D eigenvalue weighted by Gasteiger charge is 2.72. The summed E-state index contributed by atoms with van der Waals surface area (Å²) in [6.07, 6.45) is 4.31. The molecule has 0 spiro atoms. The quantitative estimate of drug-likeness (QED) is 0.734. The highest BCUT2D eigenvalue weighted by molar-refractivity contribution is 5.97. The predicted octanol–water partition coefficient (Wildman–Crippen LogP) is 4.16.